The van der Waals surface area contributed by atoms with Crippen LogP contribution < -0.4 is 10.6 Å². The lowest BCUT2D eigenvalue weighted by molar-refractivity contribution is 0.0428. The molecule has 5 nitrogen and oxygen atoms in total. The molecule has 1 aromatic heterocycles. The second-order valence-corrected chi connectivity index (χ2v) is 5.65. The van der Waals surface area contributed by atoms with E-state index in [1.165, 1.54) is 19.3 Å². The number of aliphatic imine (C=N–C) groups is 1. The minimum absolute atomic E-state index is 0. The zero-order valence-electron chi connectivity index (χ0n) is 13.0. The molecule has 0 amide bonds. The Balaban J connectivity index is 0.00000220. The van der Waals surface area contributed by atoms with E-state index in [4.69, 9.17) is 4.42 Å². The standard InChI is InChI=1S/C15H25N3O2.HI/c1-4-16-14(18-12-6-5-7-12)17-10-15(3,19)13-9-8-11(2)20-13;/h8-9,12,19H,4-7,10H2,1-3H3,(H2,16,17,18);1H. The number of guanidine groups is 1. The van der Waals surface area contributed by atoms with Crippen LogP contribution >= 0.6 is 24.0 Å². The van der Waals surface area contributed by atoms with E-state index in [0.29, 0.717) is 11.8 Å². The highest BCUT2D eigenvalue weighted by atomic mass is 127. The van der Waals surface area contributed by atoms with Gasteiger partial charge in [0.25, 0.3) is 0 Å². The van der Waals surface area contributed by atoms with Gasteiger partial charge in [-0.3, -0.25) is 0 Å². The first-order valence-electron chi connectivity index (χ1n) is 7.35. The van der Waals surface area contributed by atoms with Crippen molar-refractivity contribution in [2.75, 3.05) is 13.1 Å². The van der Waals surface area contributed by atoms with Gasteiger partial charge in [0.2, 0.25) is 0 Å². The molecule has 1 fully saturated rings. The molecule has 0 bridgehead atoms. The highest BCUT2D eigenvalue weighted by Crippen LogP contribution is 2.23. The molecule has 0 aromatic carbocycles. The van der Waals surface area contributed by atoms with Crippen molar-refractivity contribution in [3.8, 4) is 0 Å². The zero-order valence-corrected chi connectivity index (χ0v) is 15.3. The summed E-state index contributed by atoms with van der Waals surface area (Å²) >= 11 is 0. The number of nitrogens with zero attached hydrogens (tertiary/aromatic N) is 1. The van der Waals surface area contributed by atoms with Gasteiger partial charge >= 0.3 is 0 Å². The molecule has 1 saturated carbocycles. The molecular formula is C15H26IN3O2. The summed E-state index contributed by atoms with van der Waals surface area (Å²) < 4.78 is 5.49. The van der Waals surface area contributed by atoms with E-state index in [2.05, 4.69) is 15.6 Å². The number of halogens is 1. The first-order valence-corrected chi connectivity index (χ1v) is 7.35. The van der Waals surface area contributed by atoms with Crippen LogP contribution in [0, 0.1) is 6.92 Å². The molecule has 0 radical (unpaired) electrons. The van der Waals surface area contributed by atoms with Gasteiger partial charge in [0.15, 0.2) is 5.96 Å². The quantitative estimate of drug-likeness (QED) is 0.399. The van der Waals surface area contributed by atoms with E-state index < -0.39 is 5.60 Å². The van der Waals surface area contributed by atoms with Gasteiger partial charge in [-0.05, 0) is 52.2 Å². The number of hydrogen-bond acceptors (Lipinski definition) is 3. The number of hydrogen-bond donors (Lipinski definition) is 3. The smallest absolute Gasteiger partial charge is 0.191 e. The molecule has 3 N–H and O–H groups in total. The largest absolute Gasteiger partial charge is 0.463 e. The van der Waals surface area contributed by atoms with Crippen LogP contribution in [0.15, 0.2) is 21.5 Å². The van der Waals surface area contributed by atoms with E-state index in [0.717, 1.165) is 18.3 Å². The SMILES string of the molecule is CCNC(=NCC(C)(O)c1ccc(C)o1)NC1CCC1.I. The first kappa shape index (κ1) is 18.3. The Morgan fingerprint density at radius 2 is 2.19 bits per heavy atom. The maximum Gasteiger partial charge on any atom is 0.191 e. The fraction of sp³-hybridized carbons (Fsp3) is 0.667. The topological polar surface area (TPSA) is 69.8 Å². The monoisotopic (exact) mass is 407 g/mol. The van der Waals surface area contributed by atoms with Crippen LogP contribution in [-0.4, -0.2) is 30.2 Å². The van der Waals surface area contributed by atoms with Crippen LogP contribution in [-0.2, 0) is 5.60 Å². The van der Waals surface area contributed by atoms with Gasteiger partial charge in [-0.2, -0.15) is 0 Å². The lowest BCUT2D eigenvalue weighted by Gasteiger charge is -2.28. The van der Waals surface area contributed by atoms with Crippen molar-refractivity contribution >= 4 is 29.9 Å². The molecule has 1 aliphatic rings. The molecule has 1 atom stereocenters. The van der Waals surface area contributed by atoms with Crippen molar-refractivity contribution < 1.29 is 9.52 Å². The lowest BCUT2D eigenvalue weighted by atomic mass is 9.93. The van der Waals surface area contributed by atoms with Crippen LogP contribution in [0.2, 0.25) is 0 Å². The van der Waals surface area contributed by atoms with Crippen LogP contribution in [0.3, 0.4) is 0 Å². The van der Waals surface area contributed by atoms with Gasteiger partial charge in [-0.15, -0.1) is 24.0 Å². The number of rotatable bonds is 5. The zero-order chi connectivity index (χ0) is 14.6. The average Bonchev–Trinajstić information content (AvgIpc) is 2.78. The van der Waals surface area contributed by atoms with Gasteiger partial charge in [-0.25, -0.2) is 4.99 Å². The van der Waals surface area contributed by atoms with Crippen LogP contribution in [0.4, 0.5) is 0 Å². The summed E-state index contributed by atoms with van der Waals surface area (Å²) in [4.78, 5) is 4.48. The van der Waals surface area contributed by atoms with E-state index in [1.54, 1.807) is 13.0 Å². The Hall–Kier alpha value is -0.760. The molecule has 0 spiro atoms. The lowest BCUT2D eigenvalue weighted by Crippen LogP contribution is -2.46. The molecule has 1 aromatic rings. The summed E-state index contributed by atoms with van der Waals surface area (Å²) in [6.07, 6.45) is 3.66. The van der Waals surface area contributed by atoms with Gasteiger partial charge in [0, 0.05) is 12.6 Å². The Morgan fingerprint density at radius 1 is 1.48 bits per heavy atom. The predicted molar refractivity (Wildman–Crippen MR) is 95.2 cm³/mol. The van der Waals surface area contributed by atoms with Crippen LogP contribution in [0.5, 0.6) is 0 Å². The highest BCUT2D eigenvalue weighted by molar-refractivity contribution is 14.0. The van der Waals surface area contributed by atoms with E-state index in [-0.39, 0.29) is 30.5 Å². The summed E-state index contributed by atoms with van der Waals surface area (Å²) in [5, 5.41) is 17.1. The fourth-order valence-electron chi connectivity index (χ4n) is 2.10. The van der Waals surface area contributed by atoms with Gasteiger partial charge in [0.05, 0.1) is 6.54 Å². The van der Waals surface area contributed by atoms with Crippen molar-refractivity contribution in [2.24, 2.45) is 4.99 Å². The Kier molecular flexibility index (Phi) is 6.99. The maximum atomic E-state index is 10.5. The van der Waals surface area contributed by atoms with Crippen LogP contribution in [0.25, 0.3) is 0 Å². The number of furan rings is 1. The molecule has 21 heavy (non-hydrogen) atoms. The third-order valence-corrected chi connectivity index (χ3v) is 3.61. The molecule has 0 saturated heterocycles. The Bertz CT molecular complexity index is 467. The minimum Gasteiger partial charge on any atom is -0.463 e. The highest BCUT2D eigenvalue weighted by Gasteiger charge is 2.27. The Labute approximate surface area is 143 Å². The number of nitrogens with one attached hydrogen (secondary N) is 2. The second-order valence-electron chi connectivity index (χ2n) is 5.65. The molecular weight excluding hydrogens is 381 g/mol. The summed E-state index contributed by atoms with van der Waals surface area (Å²) in [7, 11) is 0. The van der Waals surface area contributed by atoms with Crippen molar-refractivity contribution in [1.29, 1.82) is 0 Å². The van der Waals surface area contributed by atoms with E-state index in [9.17, 15) is 5.11 Å². The van der Waals surface area contributed by atoms with E-state index >= 15 is 0 Å². The van der Waals surface area contributed by atoms with Crippen molar-refractivity contribution in [3.05, 3.63) is 23.7 Å². The minimum atomic E-state index is -1.09. The first-order chi connectivity index (χ1) is 9.51. The van der Waals surface area contributed by atoms with Crippen LogP contribution in [0.1, 0.15) is 44.6 Å². The van der Waals surface area contributed by atoms with E-state index in [1.807, 2.05) is 19.9 Å². The van der Waals surface area contributed by atoms with Crippen molar-refractivity contribution in [3.63, 3.8) is 0 Å². The molecule has 1 aliphatic carbocycles. The summed E-state index contributed by atoms with van der Waals surface area (Å²) in [6.45, 7) is 6.70. The van der Waals surface area contributed by atoms with Gasteiger partial charge in [0.1, 0.15) is 17.1 Å². The molecule has 1 unspecified atom stereocenters. The molecule has 120 valence electrons. The molecule has 6 heteroatoms. The third-order valence-electron chi connectivity index (χ3n) is 3.61. The molecule has 1 heterocycles. The van der Waals surface area contributed by atoms with Gasteiger partial charge in [-0.1, -0.05) is 0 Å². The molecule has 2 rings (SSSR count). The summed E-state index contributed by atoms with van der Waals surface area (Å²) in [5.74, 6) is 2.11. The number of aryl methyl sites for hydroxylation is 1. The fourth-order valence-corrected chi connectivity index (χ4v) is 2.10. The van der Waals surface area contributed by atoms with Gasteiger partial charge < -0.3 is 20.2 Å². The summed E-state index contributed by atoms with van der Waals surface area (Å²) in [6, 6.07) is 4.17. The Morgan fingerprint density at radius 3 is 2.67 bits per heavy atom. The number of aliphatic hydroxyl groups is 1. The van der Waals surface area contributed by atoms with Crippen molar-refractivity contribution in [1.82, 2.24) is 10.6 Å². The van der Waals surface area contributed by atoms with Crippen molar-refractivity contribution in [2.45, 2.75) is 51.7 Å². The molecule has 0 aliphatic heterocycles. The predicted octanol–water partition coefficient (Wildman–Crippen LogP) is 2.52. The maximum absolute atomic E-state index is 10.5. The normalized spacial score (nSPS) is 18.4. The average molecular weight is 407 g/mol. The second kappa shape index (κ2) is 8.03. The third kappa shape index (κ3) is 5.18. The summed E-state index contributed by atoms with van der Waals surface area (Å²) in [5.41, 5.74) is -1.09.